The van der Waals surface area contributed by atoms with Gasteiger partial charge < -0.3 is 10.2 Å². The van der Waals surface area contributed by atoms with Crippen LogP contribution in [0.15, 0.2) is 48.5 Å². The number of anilines is 1. The fraction of sp³-hybridized carbons (Fsp3) is 0.353. The molecular weight excluding hydrogens is 246 g/mol. The Bertz CT molecular complexity index is 511. The zero-order chi connectivity index (χ0) is 14.2. The summed E-state index contributed by atoms with van der Waals surface area (Å²) in [5.74, 6) is 1.05. The summed E-state index contributed by atoms with van der Waals surface area (Å²) in [6.07, 6.45) is 0. The number of nitrogens with zero attached hydrogens (tertiary/aromatic N) is 2. The highest BCUT2D eigenvalue weighted by molar-refractivity contribution is 5.40. The molecule has 0 saturated heterocycles. The van der Waals surface area contributed by atoms with Gasteiger partial charge in [-0.15, -0.1) is 0 Å². The molecule has 0 atom stereocenters. The highest BCUT2D eigenvalue weighted by Crippen LogP contribution is 2.15. The zero-order valence-corrected chi connectivity index (χ0v) is 12.3. The third-order valence-electron chi connectivity index (χ3n) is 3.27. The molecule has 1 N–H and O–H groups in total. The fourth-order valence-electron chi connectivity index (χ4n) is 2.15. The molecule has 1 aromatic carbocycles. The van der Waals surface area contributed by atoms with Crippen LogP contribution in [0.3, 0.4) is 0 Å². The van der Waals surface area contributed by atoms with Crippen molar-refractivity contribution < 1.29 is 0 Å². The van der Waals surface area contributed by atoms with Crippen molar-refractivity contribution in [1.82, 2.24) is 10.3 Å². The van der Waals surface area contributed by atoms with Gasteiger partial charge in [-0.2, -0.15) is 0 Å². The van der Waals surface area contributed by atoms with Crippen LogP contribution in [0.4, 0.5) is 5.82 Å². The number of hydrogen-bond donors (Lipinski definition) is 1. The Labute approximate surface area is 121 Å². The van der Waals surface area contributed by atoms with Crippen molar-refractivity contribution in [2.24, 2.45) is 0 Å². The monoisotopic (exact) mass is 269 g/mol. The normalized spacial score (nSPS) is 10.5. The van der Waals surface area contributed by atoms with Gasteiger partial charge in [0.1, 0.15) is 5.82 Å². The molecule has 106 valence electrons. The highest BCUT2D eigenvalue weighted by atomic mass is 15.2. The molecule has 0 spiro atoms. The first kappa shape index (κ1) is 14.5. The van der Waals surface area contributed by atoms with Gasteiger partial charge in [0.15, 0.2) is 0 Å². The SMILES string of the molecule is CCNCc1cccc(N(CC)Cc2ccccc2)n1. The molecular formula is C17H23N3. The van der Waals surface area contributed by atoms with Gasteiger partial charge in [-0.3, -0.25) is 0 Å². The van der Waals surface area contributed by atoms with E-state index in [-0.39, 0.29) is 0 Å². The van der Waals surface area contributed by atoms with E-state index in [0.29, 0.717) is 0 Å². The lowest BCUT2D eigenvalue weighted by molar-refractivity contribution is 0.706. The Hall–Kier alpha value is -1.87. The molecule has 20 heavy (non-hydrogen) atoms. The van der Waals surface area contributed by atoms with Crippen molar-refractivity contribution in [1.29, 1.82) is 0 Å². The van der Waals surface area contributed by atoms with Crippen molar-refractivity contribution in [3.63, 3.8) is 0 Å². The number of rotatable bonds is 7. The van der Waals surface area contributed by atoms with Crippen LogP contribution in [0.25, 0.3) is 0 Å². The van der Waals surface area contributed by atoms with Crippen LogP contribution >= 0.6 is 0 Å². The second-order valence-corrected chi connectivity index (χ2v) is 4.77. The van der Waals surface area contributed by atoms with Crippen LogP contribution < -0.4 is 10.2 Å². The molecule has 2 rings (SSSR count). The first-order chi connectivity index (χ1) is 9.83. The third-order valence-corrected chi connectivity index (χ3v) is 3.27. The van der Waals surface area contributed by atoms with E-state index < -0.39 is 0 Å². The molecule has 0 aliphatic rings. The van der Waals surface area contributed by atoms with E-state index in [4.69, 9.17) is 4.98 Å². The van der Waals surface area contributed by atoms with E-state index in [0.717, 1.165) is 37.7 Å². The van der Waals surface area contributed by atoms with Gasteiger partial charge in [0.25, 0.3) is 0 Å². The maximum Gasteiger partial charge on any atom is 0.129 e. The van der Waals surface area contributed by atoms with E-state index in [1.54, 1.807) is 0 Å². The fourth-order valence-corrected chi connectivity index (χ4v) is 2.15. The quantitative estimate of drug-likeness (QED) is 0.836. The lowest BCUT2D eigenvalue weighted by Crippen LogP contribution is -2.23. The average Bonchev–Trinajstić information content (AvgIpc) is 2.52. The van der Waals surface area contributed by atoms with Gasteiger partial charge in [-0.25, -0.2) is 4.98 Å². The molecule has 3 heteroatoms. The number of pyridine rings is 1. The predicted octanol–water partition coefficient (Wildman–Crippen LogP) is 3.22. The van der Waals surface area contributed by atoms with E-state index in [9.17, 15) is 0 Å². The Balaban J connectivity index is 2.10. The lowest BCUT2D eigenvalue weighted by Gasteiger charge is -2.22. The van der Waals surface area contributed by atoms with Crippen molar-refractivity contribution >= 4 is 5.82 Å². The first-order valence-corrected chi connectivity index (χ1v) is 7.29. The van der Waals surface area contributed by atoms with Crippen molar-refractivity contribution in [3.05, 3.63) is 59.8 Å². The second-order valence-electron chi connectivity index (χ2n) is 4.77. The highest BCUT2D eigenvalue weighted by Gasteiger charge is 2.07. The van der Waals surface area contributed by atoms with Crippen molar-refractivity contribution in [2.75, 3.05) is 18.0 Å². The molecule has 0 saturated carbocycles. The summed E-state index contributed by atoms with van der Waals surface area (Å²) in [6.45, 7) is 7.92. The summed E-state index contributed by atoms with van der Waals surface area (Å²) >= 11 is 0. The van der Waals surface area contributed by atoms with E-state index >= 15 is 0 Å². The Morgan fingerprint density at radius 3 is 2.50 bits per heavy atom. The maximum absolute atomic E-state index is 4.74. The van der Waals surface area contributed by atoms with Crippen molar-refractivity contribution in [2.45, 2.75) is 26.9 Å². The van der Waals surface area contributed by atoms with Gasteiger partial charge >= 0.3 is 0 Å². The molecule has 1 heterocycles. The topological polar surface area (TPSA) is 28.2 Å². The van der Waals surface area contributed by atoms with Crippen LogP contribution in [-0.2, 0) is 13.1 Å². The molecule has 0 aliphatic carbocycles. The molecule has 0 amide bonds. The van der Waals surface area contributed by atoms with E-state index in [1.807, 2.05) is 0 Å². The minimum absolute atomic E-state index is 0.827. The molecule has 0 radical (unpaired) electrons. The summed E-state index contributed by atoms with van der Waals surface area (Å²) in [6, 6.07) is 16.8. The Kier molecular flexibility index (Phi) is 5.56. The largest absolute Gasteiger partial charge is 0.353 e. The van der Waals surface area contributed by atoms with Gasteiger partial charge in [0.2, 0.25) is 0 Å². The number of hydrogen-bond acceptors (Lipinski definition) is 3. The Morgan fingerprint density at radius 2 is 1.80 bits per heavy atom. The molecule has 3 nitrogen and oxygen atoms in total. The summed E-state index contributed by atoms with van der Waals surface area (Å²) in [5, 5.41) is 3.32. The number of benzene rings is 1. The lowest BCUT2D eigenvalue weighted by atomic mass is 10.2. The summed E-state index contributed by atoms with van der Waals surface area (Å²) < 4.78 is 0. The van der Waals surface area contributed by atoms with E-state index in [1.165, 1.54) is 5.56 Å². The minimum Gasteiger partial charge on any atom is -0.353 e. The van der Waals surface area contributed by atoms with Crippen LogP contribution in [0, 0.1) is 0 Å². The number of nitrogens with one attached hydrogen (secondary N) is 1. The summed E-state index contributed by atoms with van der Waals surface area (Å²) in [7, 11) is 0. The molecule has 0 unspecified atom stereocenters. The summed E-state index contributed by atoms with van der Waals surface area (Å²) in [4.78, 5) is 7.04. The van der Waals surface area contributed by atoms with Gasteiger partial charge in [0.05, 0.1) is 5.69 Å². The van der Waals surface area contributed by atoms with Crippen molar-refractivity contribution in [3.8, 4) is 0 Å². The standard InChI is InChI=1S/C17H23N3/c1-3-18-13-16-11-8-12-17(19-16)20(4-2)14-15-9-6-5-7-10-15/h5-12,18H,3-4,13-14H2,1-2H3. The maximum atomic E-state index is 4.74. The zero-order valence-electron chi connectivity index (χ0n) is 12.3. The van der Waals surface area contributed by atoms with Crippen LogP contribution in [0.1, 0.15) is 25.1 Å². The molecule has 0 bridgehead atoms. The molecule has 0 fully saturated rings. The van der Waals surface area contributed by atoms with Gasteiger partial charge in [0, 0.05) is 19.6 Å². The second kappa shape index (κ2) is 7.65. The van der Waals surface area contributed by atoms with Crippen LogP contribution in [0.2, 0.25) is 0 Å². The van der Waals surface area contributed by atoms with Crippen LogP contribution in [0.5, 0.6) is 0 Å². The average molecular weight is 269 g/mol. The van der Waals surface area contributed by atoms with Gasteiger partial charge in [-0.1, -0.05) is 43.3 Å². The summed E-state index contributed by atoms with van der Waals surface area (Å²) in [5.41, 5.74) is 2.41. The van der Waals surface area contributed by atoms with E-state index in [2.05, 4.69) is 72.6 Å². The van der Waals surface area contributed by atoms with Crippen LogP contribution in [-0.4, -0.2) is 18.1 Å². The molecule has 2 aromatic rings. The smallest absolute Gasteiger partial charge is 0.129 e. The van der Waals surface area contributed by atoms with Gasteiger partial charge in [-0.05, 0) is 31.2 Å². The Morgan fingerprint density at radius 1 is 1.00 bits per heavy atom. The third kappa shape index (κ3) is 4.07. The predicted molar refractivity (Wildman–Crippen MR) is 84.8 cm³/mol. The molecule has 1 aromatic heterocycles. The first-order valence-electron chi connectivity index (χ1n) is 7.29. The minimum atomic E-state index is 0.827. The number of aromatic nitrogens is 1. The molecule has 0 aliphatic heterocycles.